The Morgan fingerprint density at radius 1 is 1.38 bits per heavy atom. The molecule has 0 aliphatic carbocycles. The fraction of sp³-hybridized carbons (Fsp3) is 0.818. The van der Waals surface area contributed by atoms with E-state index in [-0.39, 0.29) is 5.97 Å². The van der Waals surface area contributed by atoms with Gasteiger partial charge in [0.05, 0.1) is 7.11 Å². The smallest absolute Gasteiger partial charge is 0.305 e. The van der Waals surface area contributed by atoms with E-state index in [0.717, 1.165) is 25.3 Å². The number of carbonyl (C=O) groups is 1. The lowest BCUT2D eigenvalue weighted by atomic mass is 10.2. The van der Waals surface area contributed by atoms with Crippen molar-refractivity contribution >= 4 is 11.9 Å². The molecule has 0 spiro atoms. The van der Waals surface area contributed by atoms with Gasteiger partial charge >= 0.3 is 5.97 Å². The van der Waals surface area contributed by atoms with E-state index in [1.165, 1.54) is 7.11 Å². The van der Waals surface area contributed by atoms with Crippen LogP contribution in [0.4, 0.5) is 0 Å². The first-order chi connectivity index (χ1) is 7.60. The molecule has 0 amide bonds. The molecule has 0 aromatic carbocycles. The molecule has 2 N–H and O–H groups in total. The van der Waals surface area contributed by atoms with E-state index < -0.39 is 0 Å². The summed E-state index contributed by atoms with van der Waals surface area (Å²) in [4.78, 5) is 14.9. The van der Waals surface area contributed by atoms with Gasteiger partial charge in [0.2, 0.25) is 0 Å². The Kier molecular flexibility index (Phi) is 8.29. The SMILES string of the molecule is CN=C(NCCCCC(=O)OC)NC(C)C. The largest absolute Gasteiger partial charge is 0.469 e. The highest BCUT2D eigenvalue weighted by molar-refractivity contribution is 5.79. The van der Waals surface area contributed by atoms with Crippen molar-refractivity contribution in [1.82, 2.24) is 10.6 Å². The molecule has 0 aromatic heterocycles. The van der Waals surface area contributed by atoms with Gasteiger partial charge in [-0.25, -0.2) is 0 Å². The first-order valence-electron chi connectivity index (χ1n) is 5.64. The predicted molar refractivity (Wildman–Crippen MR) is 65.5 cm³/mol. The molecule has 0 bridgehead atoms. The summed E-state index contributed by atoms with van der Waals surface area (Å²) in [5.74, 6) is 0.651. The number of rotatable bonds is 6. The first kappa shape index (κ1) is 14.7. The third-order valence-electron chi connectivity index (χ3n) is 1.98. The van der Waals surface area contributed by atoms with Crippen LogP contribution in [0, 0.1) is 0 Å². The molecule has 0 saturated carbocycles. The second-order valence-corrected chi connectivity index (χ2v) is 3.83. The maximum atomic E-state index is 10.8. The van der Waals surface area contributed by atoms with Crippen LogP contribution in [0.2, 0.25) is 0 Å². The summed E-state index contributed by atoms with van der Waals surface area (Å²) in [5, 5.41) is 6.37. The molecular formula is C11H23N3O2. The maximum Gasteiger partial charge on any atom is 0.305 e. The minimum Gasteiger partial charge on any atom is -0.469 e. The second-order valence-electron chi connectivity index (χ2n) is 3.83. The van der Waals surface area contributed by atoms with Gasteiger partial charge in [0.1, 0.15) is 0 Å². The van der Waals surface area contributed by atoms with E-state index in [9.17, 15) is 4.79 Å². The van der Waals surface area contributed by atoms with Crippen LogP contribution in [0.25, 0.3) is 0 Å². The van der Waals surface area contributed by atoms with E-state index in [1.54, 1.807) is 7.05 Å². The quantitative estimate of drug-likeness (QED) is 0.307. The predicted octanol–water partition coefficient (Wildman–Crippen LogP) is 0.903. The van der Waals surface area contributed by atoms with Crippen LogP contribution < -0.4 is 10.6 Å². The lowest BCUT2D eigenvalue weighted by Gasteiger charge is -2.14. The number of nitrogens with zero attached hydrogens (tertiary/aromatic N) is 1. The van der Waals surface area contributed by atoms with E-state index in [1.807, 2.05) is 0 Å². The molecule has 0 atom stereocenters. The van der Waals surface area contributed by atoms with Gasteiger partial charge in [0, 0.05) is 26.1 Å². The molecule has 0 saturated heterocycles. The highest BCUT2D eigenvalue weighted by Gasteiger charge is 2.01. The molecule has 5 nitrogen and oxygen atoms in total. The van der Waals surface area contributed by atoms with Gasteiger partial charge in [-0.2, -0.15) is 0 Å². The average molecular weight is 229 g/mol. The summed E-state index contributed by atoms with van der Waals surface area (Å²) in [6.07, 6.45) is 2.24. The molecule has 0 unspecified atom stereocenters. The summed E-state index contributed by atoms with van der Waals surface area (Å²) < 4.78 is 4.56. The number of nitrogens with one attached hydrogen (secondary N) is 2. The number of unbranched alkanes of at least 4 members (excludes halogenated alkanes) is 1. The first-order valence-corrected chi connectivity index (χ1v) is 5.64. The molecular weight excluding hydrogens is 206 g/mol. The number of hydrogen-bond donors (Lipinski definition) is 2. The van der Waals surface area contributed by atoms with Crippen molar-refractivity contribution in [2.24, 2.45) is 4.99 Å². The van der Waals surface area contributed by atoms with Crippen molar-refractivity contribution < 1.29 is 9.53 Å². The number of aliphatic imine (C=N–C) groups is 1. The Morgan fingerprint density at radius 2 is 2.06 bits per heavy atom. The minimum absolute atomic E-state index is 0.148. The lowest BCUT2D eigenvalue weighted by molar-refractivity contribution is -0.140. The highest BCUT2D eigenvalue weighted by atomic mass is 16.5. The Morgan fingerprint density at radius 3 is 2.56 bits per heavy atom. The zero-order chi connectivity index (χ0) is 12.4. The maximum absolute atomic E-state index is 10.8. The second kappa shape index (κ2) is 9.00. The van der Waals surface area contributed by atoms with Crippen LogP contribution in [0.1, 0.15) is 33.1 Å². The van der Waals surface area contributed by atoms with Gasteiger partial charge in [0.25, 0.3) is 0 Å². The van der Waals surface area contributed by atoms with Gasteiger partial charge in [-0.1, -0.05) is 0 Å². The Labute approximate surface area is 97.7 Å². The zero-order valence-corrected chi connectivity index (χ0v) is 10.7. The number of carbonyl (C=O) groups excluding carboxylic acids is 1. The third-order valence-corrected chi connectivity index (χ3v) is 1.98. The fourth-order valence-electron chi connectivity index (χ4n) is 1.17. The van der Waals surface area contributed by atoms with Gasteiger partial charge in [-0.15, -0.1) is 0 Å². The topological polar surface area (TPSA) is 62.7 Å². The van der Waals surface area contributed by atoms with Crippen molar-refractivity contribution in [2.75, 3.05) is 20.7 Å². The molecule has 0 aliphatic rings. The van der Waals surface area contributed by atoms with Crippen molar-refractivity contribution in [3.8, 4) is 0 Å². The number of hydrogen-bond acceptors (Lipinski definition) is 3. The number of esters is 1. The molecule has 5 heteroatoms. The highest BCUT2D eigenvalue weighted by Crippen LogP contribution is 1.95. The molecule has 94 valence electrons. The minimum atomic E-state index is -0.148. The number of guanidine groups is 1. The lowest BCUT2D eigenvalue weighted by Crippen LogP contribution is -2.41. The number of methoxy groups -OCH3 is 1. The molecule has 0 rings (SSSR count). The van der Waals surface area contributed by atoms with Crippen LogP contribution in [-0.2, 0) is 9.53 Å². The monoisotopic (exact) mass is 229 g/mol. The Balaban J connectivity index is 3.53. The van der Waals surface area contributed by atoms with E-state index in [2.05, 4.69) is 34.2 Å². The van der Waals surface area contributed by atoms with E-state index >= 15 is 0 Å². The van der Waals surface area contributed by atoms with Gasteiger partial charge in [0.15, 0.2) is 5.96 Å². The van der Waals surface area contributed by atoms with Crippen molar-refractivity contribution in [1.29, 1.82) is 0 Å². The van der Waals surface area contributed by atoms with Crippen LogP contribution in [0.5, 0.6) is 0 Å². The van der Waals surface area contributed by atoms with E-state index in [4.69, 9.17) is 0 Å². The molecule has 0 aromatic rings. The molecule has 0 heterocycles. The standard InChI is InChI=1S/C11H23N3O2/c1-9(2)14-11(12-3)13-8-6-5-7-10(15)16-4/h9H,5-8H2,1-4H3,(H2,12,13,14). The summed E-state index contributed by atoms with van der Waals surface area (Å²) in [6, 6.07) is 0.362. The van der Waals surface area contributed by atoms with Crippen molar-refractivity contribution in [3.63, 3.8) is 0 Å². The molecule has 16 heavy (non-hydrogen) atoms. The molecule has 0 fully saturated rings. The summed E-state index contributed by atoms with van der Waals surface area (Å²) >= 11 is 0. The van der Waals surface area contributed by atoms with Crippen LogP contribution >= 0.6 is 0 Å². The fourth-order valence-corrected chi connectivity index (χ4v) is 1.17. The number of ether oxygens (including phenoxy) is 1. The van der Waals surface area contributed by atoms with Crippen LogP contribution in [-0.4, -0.2) is 38.7 Å². The molecule has 0 aliphatic heterocycles. The van der Waals surface area contributed by atoms with Gasteiger partial charge in [-0.05, 0) is 26.7 Å². The zero-order valence-electron chi connectivity index (χ0n) is 10.7. The van der Waals surface area contributed by atoms with Crippen LogP contribution in [0.3, 0.4) is 0 Å². The van der Waals surface area contributed by atoms with Gasteiger partial charge < -0.3 is 15.4 Å². The Bertz CT molecular complexity index is 227. The van der Waals surface area contributed by atoms with Crippen molar-refractivity contribution in [3.05, 3.63) is 0 Å². The van der Waals surface area contributed by atoms with E-state index in [0.29, 0.717) is 12.5 Å². The average Bonchev–Trinajstić information content (AvgIpc) is 2.26. The summed E-state index contributed by atoms with van der Waals surface area (Å²) in [5.41, 5.74) is 0. The van der Waals surface area contributed by atoms with Gasteiger partial charge in [-0.3, -0.25) is 9.79 Å². The normalized spacial score (nSPS) is 11.4. The van der Waals surface area contributed by atoms with Crippen LogP contribution in [0.15, 0.2) is 4.99 Å². The Hall–Kier alpha value is -1.26. The summed E-state index contributed by atoms with van der Waals surface area (Å²) in [6.45, 7) is 4.93. The third kappa shape index (κ3) is 8.08. The van der Waals surface area contributed by atoms with Crippen molar-refractivity contribution in [2.45, 2.75) is 39.2 Å². The summed E-state index contributed by atoms with van der Waals surface area (Å²) in [7, 11) is 3.15. The molecule has 0 radical (unpaired) electrons.